The van der Waals surface area contributed by atoms with Crippen molar-refractivity contribution in [3.05, 3.63) is 0 Å². The van der Waals surface area contributed by atoms with E-state index in [2.05, 4.69) is 27.7 Å². The third-order valence-electron chi connectivity index (χ3n) is 8.40. The Bertz CT molecular complexity index is 356. The molecule has 0 amide bonds. The molecule has 224 valence electrons. The zero-order valence-electron chi connectivity index (χ0n) is 26.8. The minimum Gasteiger partial charge on any atom is -0.375 e. The first-order valence-electron chi connectivity index (χ1n) is 17.9. The number of hydrogen-bond acceptors (Lipinski definition) is 1. The van der Waals surface area contributed by atoms with E-state index >= 15 is 0 Å². The van der Waals surface area contributed by atoms with Crippen molar-refractivity contribution in [2.45, 2.75) is 233 Å². The van der Waals surface area contributed by atoms with E-state index in [1.54, 1.807) is 0 Å². The molecule has 0 bridgehead atoms. The molecule has 0 aliphatic rings. The topological polar surface area (TPSA) is 9.23 Å². The summed E-state index contributed by atoms with van der Waals surface area (Å²) in [6.45, 7) is 9.28. The smallest absolute Gasteiger partial charge is 0.0578 e. The highest BCUT2D eigenvalue weighted by Crippen LogP contribution is 2.23. The normalized spacial score (nSPS) is 13.3. The molecule has 1 heteroatoms. The van der Waals surface area contributed by atoms with Crippen LogP contribution >= 0.6 is 0 Å². The lowest BCUT2D eigenvalue weighted by Gasteiger charge is -2.26. The quantitative estimate of drug-likeness (QED) is 0.0798. The Balaban J connectivity index is 4.54. The van der Waals surface area contributed by atoms with Crippen molar-refractivity contribution >= 4 is 0 Å². The van der Waals surface area contributed by atoms with Gasteiger partial charge in [0.05, 0.1) is 12.2 Å². The van der Waals surface area contributed by atoms with Gasteiger partial charge in [-0.3, -0.25) is 0 Å². The molecule has 0 aromatic carbocycles. The highest BCUT2D eigenvalue weighted by Gasteiger charge is 2.17. The van der Waals surface area contributed by atoms with Crippen LogP contribution in [0.25, 0.3) is 0 Å². The largest absolute Gasteiger partial charge is 0.375 e. The molecule has 0 saturated carbocycles. The molecule has 37 heavy (non-hydrogen) atoms. The van der Waals surface area contributed by atoms with E-state index in [1.165, 1.54) is 193 Å². The van der Waals surface area contributed by atoms with Gasteiger partial charge in [0, 0.05) is 0 Å². The van der Waals surface area contributed by atoms with Crippen LogP contribution in [0, 0.1) is 0 Å². The van der Waals surface area contributed by atoms with Crippen LogP contribution in [-0.4, -0.2) is 12.2 Å². The van der Waals surface area contributed by atoms with E-state index in [4.69, 9.17) is 4.74 Å². The molecule has 0 aliphatic heterocycles. The molecule has 2 unspecified atom stereocenters. The highest BCUT2D eigenvalue weighted by molar-refractivity contribution is 4.67. The van der Waals surface area contributed by atoms with Crippen molar-refractivity contribution in [2.24, 2.45) is 0 Å². The maximum atomic E-state index is 6.98. The van der Waals surface area contributed by atoms with Crippen LogP contribution in [0.15, 0.2) is 0 Å². The molecular weight excluding hydrogens is 448 g/mol. The first kappa shape index (κ1) is 37.0. The maximum Gasteiger partial charge on any atom is 0.0578 e. The molecule has 0 N–H and O–H groups in total. The Labute approximate surface area is 237 Å². The molecule has 0 rings (SSSR count). The summed E-state index contributed by atoms with van der Waals surface area (Å²) >= 11 is 0. The van der Waals surface area contributed by atoms with Crippen LogP contribution in [0.5, 0.6) is 0 Å². The average Bonchev–Trinajstić information content (AvgIpc) is 2.90. The SMILES string of the molecule is CCCCCCCCCCC(CCCCCCC)OC(CCCCCCC)CCCCCCCCCC. The van der Waals surface area contributed by atoms with Crippen LogP contribution in [0.4, 0.5) is 0 Å². The fourth-order valence-corrected chi connectivity index (χ4v) is 5.80. The molecule has 2 atom stereocenters. The molecule has 0 aliphatic carbocycles. The molecule has 0 aromatic heterocycles. The fraction of sp³-hybridized carbons (Fsp3) is 1.00. The average molecular weight is 523 g/mol. The molecule has 1 nitrogen and oxygen atoms in total. The summed E-state index contributed by atoms with van der Waals surface area (Å²) in [5.41, 5.74) is 0. The first-order valence-corrected chi connectivity index (χ1v) is 17.9. The van der Waals surface area contributed by atoms with Gasteiger partial charge in [0.25, 0.3) is 0 Å². The second kappa shape index (κ2) is 32.2. The van der Waals surface area contributed by atoms with Crippen molar-refractivity contribution in [1.29, 1.82) is 0 Å². The van der Waals surface area contributed by atoms with Crippen molar-refractivity contribution in [3.63, 3.8) is 0 Å². The molecule has 0 spiro atoms. The lowest BCUT2D eigenvalue weighted by atomic mass is 9.99. The number of hydrogen-bond donors (Lipinski definition) is 0. The van der Waals surface area contributed by atoms with Crippen LogP contribution in [0.3, 0.4) is 0 Å². The van der Waals surface area contributed by atoms with Crippen LogP contribution < -0.4 is 0 Å². The summed E-state index contributed by atoms with van der Waals surface area (Å²) in [5.74, 6) is 0. The van der Waals surface area contributed by atoms with Crippen LogP contribution in [0.2, 0.25) is 0 Å². The standard InChI is InChI=1S/C36H74O/c1-5-9-13-17-19-21-25-29-33-35(31-27-23-15-11-7-3)37-36(32-28-24-16-12-8-4)34-30-26-22-20-18-14-10-6-2/h35-36H,5-34H2,1-4H3. The Hall–Kier alpha value is -0.0400. The van der Waals surface area contributed by atoms with Crippen molar-refractivity contribution in [1.82, 2.24) is 0 Å². The monoisotopic (exact) mass is 523 g/mol. The van der Waals surface area contributed by atoms with E-state index in [9.17, 15) is 0 Å². The van der Waals surface area contributed by atoms with Gasteiger partial charge in [-0.1, -0.05) is 195 Å². The molecule has 0 heterocycles. The van der Waals surface area contributed by atoms with Gasteiger partial charge >= 0.3 is 0 Å². The van der Waals surface area contributed by atoms with Crippen molar-refractivity contribution in [3.8, 4) is 0 Å². The van der Waals surface area contributed by atoms with Gasteiger partial charge in [-0.15, -0.1) is 0 Å². The summed E-state index contributed by atoms with van der Waals surface area (Å²) in [6.07, 6.45) is 42.9. The predicted octanol–water partition coefficient (Wildman–Crippen LogP) is 13.5. The van der Waals surface area contributed by atoms with E-state index < -0.39 is 0 Å². The van der Waals surface area contributed by atoms with Gasteiger partial charge in [0.15, 0.2) is 0 Å². The van der Waals surface area contributed by atoms with Gasteiger partial charge in [0.1, 0.15) is 0 Å². The summed E-state index contributed by atoms with van der Waals surface area (Å²) < 4.78 is 6.98. The molecule has 0 fully saturated rings. The van der Waals surface area contributed by atoms with Gasteiger partial charge in [-0.05, 0) is 25.7 Å². The molecular formula is C36H74O. The predicted molar refractivity (Wildman–Crippen MR) is 170 cm³/mol. The second-order valence-corrected chi connectivity index (χ2v) is 12.3. The Kier molecular flexibility index (Phi) is 32.1. The highest BCUT2D eigenvalue weighted by atomic mass is 16.5. The maximum absolute atomic E-state index is 6.98. The third-order valence-corrected chi connectivity index (χ3v) is 8.40. The van der Waals surface area contributed by atoms with Gasteiger partial charge < -0.3 is 4.74 Å². The minimum atomic E-state index is 0.524. The summed E-state index contributed by atoms with van der Waals surface area (Å²) in [6, 6.07) is 0. The summed E-state index contributed by atoms with van der Waals surface area (Å²) in [4.78, 5) is 0. The van der Waals surface area contributed by atoms with Crippen LogP contribution in [0.1, 0.15) is 220 Å². The second-order valence-electron chi connectivity index (χ2n) is 12.3. The molecule has 0 aromatic rings. The zero-order valence-corrected chi connectivity index (χ0v) is 26.8. The van der Waals surface area contributed by atoms with E-state index in [0.717, 1.165) is 0 Å². The summed E-state index contributed by atoms with van der Waals surface area (Å²) in [5, 5.41) is 0. The van der Waals surface area contributed by atoms with Crippen molar-refractivity contribution in [2.75, 3.05) is 0 Å². The van der Waals surface area contributed by atoms with E-state index in [1.807, 2.05) is 0 Å². The van der Waals surface area contributed by atoms with E-state index in [-0.39, 0.29) is 0 Å². The Morgan fingerprint density at radius 2 is 0.459 bits per heavy atom. The number of ether oxygens (including phenoxy) is 1. The zero-order chi connectivity index (χ0) is 27.1. The van der Waals surface area contributed by atoms with E-state index in [0.29, 0.717) is 12.2 Å². The minimum absolute atomic E-state index is 0.524. The lowest BCUT2D eigenvalue weighted by molar-refractivity contribution is -0.0324. The fourth-order valence-electron chi connectivity index (χ4n) is 5.80. The number of rotatable bonds is 32. The Morgan fingerprint density at radius 1 is 0.270 bits per heavy atom. The first-order chi connectivity index (χ1) is 18.3. The van der Waals surface area contributed by atoms with Crippen molar-refractivity contribution < 1.29 is 4.74 Å². The van der Waals surface area contributed by atoms with Gasteiger partial charge in [-0.25, -0.2) is 0 Å². The summed E-state index contributed by atoms with van der Waals surface area (Å²) in [7, 11) is 0. The third kappa shape index (κ3) is 28.8. The lowest BCUT2D eigenvalue weighted by Crippen LogP contribution is -2.23. The Morgan fingerprint density at radius 3 is 0.676 bits per heavy atom. The number of unbranched alkanes of at least 4 members (excludes halogenated alkanes) is 22. The van der Waals surface area contributed by atoms with Gasteiger partial charge in [0.2, 0.25) is 0 Å². The van der Waals surface area contributed by atoms with Gasteiger partial charge in [-0.2, -0.15) is 0 Å². The van der Waals surface area contributed by atoms with Crippen LogP contribution in [-0.2, 0) is 4.74 Å². The molecule has 0 saturated heterocycles. The molecule has 0 radical (unpaired) electrons.